The second-order valence-corrected chi connectivity index (χ2v) is 32.1. The normalized spacial score (nSPS) is 20.2. The van der Waals surface area contributed by atoms with Crippen LogP contribution in [0.15, 0.2) is 78.9 Å². The molecule has 5 heteroatoms. The Hall–Kier alpha value is -2.03. The summed E-state index contributed by atoms with van der Waals surface area (Å²) in [5.74, 6) is 0. The minimum Gasteiger partial charge on any atom is -0.432 e. The van der Waals surface area contributed by atoms with E-state index in [9.17, 15) is 0 Å². The molecule has 6 rings (SSSR count). The van der Waals surface area contributed by atoms with Crippen molar-refractivity contribution in [2.75, 3.05) is 6.23 Å². The molecular formula is C23H22OSi4. The highest BCUT2D eigenvalue weighted by Gasteiger charge is 2.20. The number of hydrogen-bond donors (Lipinski definition) is 0. The highest BCUT2D eigenvalue weighted by atomic mass is 29.7. The van der Waals surface area contributed by atoms with Gasteiger partial charge < -0.3 is 4.43 Å². The van der Waals surface area contributed by atoms with Gasteiger partial charge in [-0.1, -0.05) is 59.8 Å². The predicted octanol–water partition coefficient (Wildman–Crippen LogP) is 2.05. The lowest BCUT2D eigenvalue weighted by Crippen LogP contribution is -2.50. The fourth-order valence-electron chi connectivity index (χ4n) is 4.89. The van der Waals surface area contributed by atoms with Gasteiger partial charge in [0.25, 0.3) is 0 Å². The number of rotatable bonds is 1. The third-order valence-electron chi connectivity index (χ3n) is 6.33. The zero-order valence-electron chi connectivity index (χ0n) is 15.8. The lowest BCUT2D eigenvalue weighted by molar-refractivity contribution is 0.419. The van der Waals surface area contributed by atoms with E-state index in [-0.39, 0.29) is 26.4 Å². The number of benzene rings is 5. The van der Waals surface area contributed by atoms with Crippen LogP contribution in [0.4, 0.5) is 0 Å². The monoisotopic (exact) mass is 426 g/mol. The maximum atomic E-state index is 6.09. The Morgan fingerprint density at radius 3 is 2.11 bits per heavy atom. The van der Waals surface area contributed by atoms with Gasteiger partial charge in [-0.15, -0.1) is 0 Å². The molecule has 1 unspecified atom stereocenters. The van der Waals surface area contributed by atoms with Crippen molar-refractivity contribution < 1.29 is 4.43 Å². The molecule has 1 heterocycles. The first-order valence-electron chi connectivity index (χ1n) is 10.2. The lowest BCUT2D eigenvalue weighted by atomic mass is 9.96. The van der Waals surface area contributed by atoms with Crippen LogP contribution in [0, 0.1) is 0 Å². The standard InChI is InChI=1S/C23H22OSi4/c1-2-5-16-12-20-18(10-15(16)4-1)8-9-19-11-17-6-3-7-23(22(17)13-21(19)20)28-14-24-25-26-27-28/h1-13,28H,14,25-27H2. The summed E-state index contributed by atoms with van der Waals surface area (Å²) in [5.41, 5.74) is 0. The summed E-state index contributed by atoms with van der Waals surface area (Å²) in [7, 11) is -0.330. The van der Waals surface area contributed by atoms with Crippen LogP contribution < -0.4 is 5.19 Å². The van der Waals surface area contributed by atoms with Crippen molar-refractivity contribution in [1.82, 2.24) is 0 Å². The van der Waals surface area contributed by atoms with E-state index in [0.29, 0.717) is 0 Å². The average molecular weight is 427 g/mol. The Morgan fingerprint density at radius 2 is 1.32 bits per heavy atom. The summed E-state index contributed by atoms with van der Waals surface area (Å²) in [6, 6.07) is 30.0. The molecule has 1 atom stereocenters. The smallest absolute Gasteiger partial charge is 0.139 e. The maximum Gasteiger partial charge on any atom is 0.139 e. The molecule has 0 amide bonds. The molecule has 1 aliphatic heterocycles. The summed E-state index contributed by atoms with van der Waals surface area (Å²) in [6.45, 7) is 0. The van der Waals surface area contributed by atoms with Crippen molar-refractivity contribution in [2.45, 2.75) is 0 Å². The van der Waals surface area contributed by atoms with E-state index in [1.807, 2.05) is 0 Å². The van der Waals surface area contributed by atoms with E-state index in [2.05, 4.69) is 78.9 Å². The molecular weight excluding hydrogens is 405 g/mol. The van der Waals surface area contributed by atoms with Crippen molar-refractivity contribution in [1.29, 1.82) is 0 Å². The molecule has 28 heavy (non-hydrogen) atoms. The van der Waals surface area contributed by atoms with Gasteiger partial charge in [0.05, 0.1) is 8.31 Å². The van der Waals surface area contributed by atoms with Crippen LogP contribution >= 0.6 is 0 Å². The van der Waals surface area contributed by atoms with Crippen LogP contribution in [0.2, 0.25) is 0 Å². The second-order valence-electron chi connectivity index (χ2n) is 8.04. The zero-order valence-corrected chi connectivity index (χ0v) is 21.2. The number of hydrogen-bond acceptors (Lipinski definition) is 1. The summed E-state index contributed by atoms with van der Waals surface area (Å²) in [6.07, 6.45) is 1.14. The second kappa shape index (κ2) is 6.79. The Kier molecular flexibility index (Phi) is 4.09. The zero-order chi connectivity index (χ0) is 18.5. The molecule has 0 bridgehead atoms. The fourth-order valence-corrected chi connectivity index (χ4v) is 47.3. The van der Waals surface area contributed by atoms with Gasteiger partial charge in [-0.3, -0.25) is 0 Å². The van der Waals surface area contributed by atoms with Gasteiger partial charge in [0.15, 0.2) is 0 Å². The van der Waals surface area contributed by atoms with E-state index >= 15 is 0 Å². The van der Waals surface area contributed by atoms with Crippen LogP contribution in [-0.2, 0) is 4.43 Å². The van der Waals surface area contributed by atoms with Crippen LogP contribution in [0.25, 0.3) is 43.1 Å². The maximum absolute atomic E-state index is 6.09. The Balaban J connectivity index is 1.67. The molecule has 0 aromatic heterocycles. The van der Waals surface area contributed by atoms with Crippen molar-refractivity contribution in [3.63, 3.8) is 0 Å². The van der Waals surface area contributed by atoms with Crippen molar-refractivity contribution in [2.24, 2.45) is 0 Å². The van der Waals surface area contributed by atoms with E-state index in [1.165, 1.54) is 43.1 Å². The molecule has 1 saturated heterocycles. The van der Waals surface area contributed by atoms with Crippen molar-refractivity contribution in [3.05, 3.63) is 78.9 Å². The van der Waals surface area contributed by atoms with E-state index in [1.54, 1.807) is 5.19 Å². The first kappa shape index (κ1) is 16.9. The van der Waals surface area contributed by atoms with Gasteiger partial charge in [-0.2, -0.15) is 0 Å². The van der Waals surface area contributed by atoms with E-state index in [0.717, 1.165) is 6.23 Å². The first-order chi connectivity index (χ1) is 13.9. The fraction of sp³-hybridized carbons (Fsp3) is 0.0435. The van der Waals surface area contributed by atoms with Crippen LogP contribution in [-0.4, -0.2) is 40.9 Å². The molecule has 0 spiro atoms. The molecule has 1 aliphatic rings. The van der Waals surface area contributed by atoms with Gasteiger partial charge in [0.2, 0.25) is 0 Å². The van der Waals surface area contributed by atoms with Crippen molar-refractivity contribution >= 4 is 83.0 Å². The number of fused-ring (bicyclic) bond motifs is 5. The van der Waals surface area contributed by atoms with Crippen molar-refractivity contribution in [3.8, 4) is 0 Å². The predicted molar refractivity (Wildman–Crippen MR) is 135 cm³/mol. The summed E-state index contributed by atoms with van der Waals surface area (Å²) in [5, 5.41) is 12.8. The molecule has 1 nitrogen and oxygen atoms in total. The van der Waals surface area contributed by atoms with Gasteiger partial charge in [0, 0.05) is 23.3 Å². The van der Waals surface area contributed by atoms with Crippen LogP contribution in [0.1, 0.15) is 0 Å². The molecule has 0 radical (unpaired) electrons. The Bertz CT molecular complexity index is 1360. The SMILES string of the molecule is c1ccc2cc3c(ccc4cc5cccc([SiH]6CO[SiH2][SiH2][SiH2]6)c5cc43)cc2c1. The lowest BCUT2D eigenvalue weighted by Gasteiger charge is -2.22. The molecule has 0 N–H and O–H groups in total. The molecule has 0 saturated carbocycles. The Labute approximate surface area is 172 Å². The summed E-state index contributed by atoms with van der Waals surface area (Å²) >= 11 is 0. The third-order valence-corrected chi connectivity index (χ3v) is 41.4. The van der Waals surface area contributed by atoms with Gasteiger partial charge >= 0.3 is 0 Å². The Morgan fingerprint density at radius 1 is 0.643 bits per heavy atom. The minimum absolute atomic E-state index is 0.0259. The van der Waals surface area contributed by atoms with Crippen LogP contribution in [0.3, 0.4) is 0 Å². The molecule has 0 aliphatic carbocycles. The molecule has 5 aromatic rings. The average Bonchev–Trinajstić information content (AvgIpc) is 2.76. The quantitative estimate of drug-likeness (QED) is 0.226. The van der Waals surface area contributed by atoms with Gasteiger partial charge in [-0.05, 0) is 67.4 Å². The summed E-state index contributed by atoms with van der Waals surface area (Å²) < 4.78 is 6.09. The van der Waals surface area contributed by atoms with Crippen LogP contribution in [0.5, 0.6) is 0 Å². The van der Waals surface area contributed by atoms with Gasteiger partial charge in [0.1, 0.15) is 9.28 Å². The third kappa shape index (κ3) is 2.74. The molecule has 136 valence electrons. The highest BCUT2D eigenvalue weighted by molar-refractivity contribution is 7.51. The summed E-state index contributed by atoms with van der Waals surface area (Å²) in [4.78, 5) is 0. The molecule has 5 aromatic carbocycles. The molecule has 1 fully saturated rings. The minimum atomic E-state index is -0.804. The largest absolute Gasteiger partial charge is 0.432 e. The van der Waals surface area contributed by atoms with E-state index in [4.69, 9.17) is 4.43 Å². The topological polar surface area (TPSA) is 9.23 Å². The highest BCUT2D eigenvalue weighted by Crippen LogP contribution is 2.32. The first-order valence-corrected chi connectivity index (χ1v) is 23.5. The van der Waals surface area contributed by atoms with E-state index < -0.39 is 8.31 Å². The van der Waals surface area contributed by atoms with Gasteiger partial charge in [-0.25, -0.2) is 0 Å².